The molecule has 0 aliphatic carbocycles. The highest BCUT2D eigenvalue weighted by Gasteiger charge is 2.24. The second-order valence-corrected chi connectivity index (χ2v) is 6.13. The Balaban J connectivity index is 1.69. The molecule has 1 aliphatic rings. The van der Waals surface area contributed by atoms with Crippen molar-refractivity contribution in [2.75, 3.05) is 39.3 Å². The van der Waals surface area contributed by atoms with Crippen molar-refractivity contribution in [2.45, 2.75) is 25.8 Å². The first kappa shape index (κ1) is 19.1. The van der Waals surface area contributed by atoms with E-state index in [1.165, 1.54) is 12.1 Å². The number of ether oxygens (including phenoxy) is 1. The lowest BCUT2D eigenvalue weighted by Gasteiger charge is -2.37. The van der Waals surface area contributed by atoms with Gasteiger partial charge in [-0.05, 0) is 44.6 Å². The number of aliphatic carboxylic acids is 1. The number of nitrogens with zero attached hydrogens (tertiary/aromatic N) is 3. The van der Waals surface area contributed by atoms with Gasteiger partial charge in [0, 0.05) is 24.7 Å². The number of likely N-dealkylation sites (N-methyl/N-ethyl adjacent to an activating group) is 1. The minimum absolute atomic E-state index is 0.0521. The van der Waals surface area contributed by atoms with Crippen molar-refractivity contribution in [1.29, 1.82) is 0 Å². The SMILES string of the molecule is CCN(CC(=O)O)C1CCN(CCOc2ccc([N+](=O)[O-])cc2)CC1. The Morgan fingerprint density at radius 3 is 2.52 bits per heavy atom. The van der Waals surface area contributed by atoms with Crippen LogP contribution in [0, 0.1) is 10.1 Å². The third-order valence-corrected chi connectivity index (χ3v) is 4.54. The fraction of sp³-hybridized carbons (Fsp3) is 0.588. The van der Waals surface area contributed by atoms with Crippen molar-refractivity contribution >= 4 is 11.7 Å². The van der Waals surface area contributed by atoms with Crippen molar-refractivity contribution in [1.82, 2.24) is 9.80 Å². The average molecular weight is 351 g/mol. The molecule has 1 aromatic carbocycles. The zero-order valence-electron chi connectivity index (χ0n) is 14.5. The summed E-state index contributed by atoms with van der Waals surface area (Å²) < 4.78 is 5.64. The van der Waals surface area contributed by atoms with Crippen LogP contribution in [0.5, 0.6) is 5.75 Å². The Morgan fingerprint density at radius 2 is 2.00 bits per heavy atom. The third-order valence-electron chi connectivity index (χ3n) is 4.54. The molecule has 1 aromatic rings. The second-order valence-electron chi connectivity index (χ2n) is 6.13. The Bertz CT molecular complexity index is 570. The number of carboxylic acid groups (broad SMARTS) is 1. The number of piperidine rings is 1. The second kappa shape index (κ2) is 9.33. The molecule has 8 nitrogen and oxygen atoms in total. The van der Waals surface area contributed by atoms with E-state index in [1.54, 1.807) is 12.1 Å². The molecule has 0 amide bonds. The van der Waals surface area contributed by atoms with Crippen LogP contribution in [0.4, 0.5) is 5.69 Å². The van der Waals surface area contributed by atoms with Gasteiger partial charge in [-0.3, -0.25) is 24.7 Å². The minimum Gasteiger partial charge on any atom is -0.492 e. The number of non-ortho nitro benzene ring substituents is 1. The van der Waals surface area contributed by atoms with E-state index in [0.29, 0.717) is 18.4 Å². The molecule has 0 saturated carbocycles. The summed E-state index contributed by atoms with van der Waals surface area (Å²) in [4.78, 5) is 25.4. The molecule has 0 unspecified atom stereocenters. The Hall–Kier alpha value is -2.19. The lowest BCUT2D eigenvalue weighted by molar-refractivity contribution is -0.384. The van der Waals surface area contributed by atoms with E-state index in [-0.39, 0.29) is 12.2 Å². The molecule has 8 heteroatoms. The van der Waals surface area contributed by atoms with Crippen LogP contribution < -0.4 is 4.74 Å². The van der Waals surface area contributed by atoms with Crippen LogP contribution in [-0.4, -0.2) is 71.2 Å². The summed E-state index contributed by atoms with van der Waals surface area (Å²) >= 11 is 0. The van der Waals surface area contributed by atoms with Gasteiger partial charge in [0.15, 0.2) is 0 Å². The maximum Gasteiger partial charge on any atom is 0.317 e. The summed E-state index contributed by atoms with van der Waals surface area (Å²) in [7, 11) is 0. The van der Waals surface area contributed by atoms with Gasteiger partial charge in [-0.25, -0.2) is 0 Å². The fourth-order valence-corrected chi connectivity index (χ4v) is 3.14. The largest absolute Gasteiger partial charge is 0.492 e. The highest BCUT2D eigenvalue weighted by atomic mass is 16.6. The van der Waals surface area contributed by atoms with E-state index < -0.39 is 10.9 Å². The van der Waals surface area contributed by atoms with Crippen molar-refractivity contribution in [3.05, 3.63) is 34.4 Å². The van der Waals surface area contributed by atoms with E-state index in [1.807, 2.05) is 11.8 Å². The van der Waals surface area contributed by atoms with E-state index in [4.69, 9.17) is 9.84 Å². The molecule has 0 spiro atoms. The molecule has 1 aliphatic heterocycles. The molecule has 1 heterocycles. The standard InChI is InChI=1S/C17H25N3O5/c1-2-19(13-17(21)22)14-7-9-18(10-8-14)11-12-25-16-5-3-15(4-6-16)20(23)24/h3-6,14H,2,7-13H2,1H3,(H,21,22). The van der Waals surface area contributed by atoms with Gasteiger partial charge in [0.05, 0.1) is 11.5 Å². The van der Waals surface area contributed by atoms with E-state index >= 15 is 0 Å². The van der Waals surface area contributed by atoms with Crippen molar-refractivity contribution in [2.24, 2.45) is 0 Å². The molecular weight excluding hydrogens is 326 g/mol. The van der Waals surface area contributed by atoms with Gasteiger partial charge in [0.2, 0.25) is 0 Å². The molecule has 0 radical (unpaired) electrons. The summed E-state index contributed by atoms with van der Waals surface area (Å²) in [5.41, 5.74) is 0.0521. The predicted molar refractivity (Wildman–Crippen MR) is 92.9 cm³/mol. The number of hydrogen-bond donors (Lipinski definition) is 1. The van der Waals surface area contributed by atoms with Crippen molar-refractivity contribution < 1.29 is 19.6 Å². The van der Waals surface area contributed by atoms with Crippen LogP contribution in [0.25, 0.3) is 0 Å². The van der Waals surface area contributed by atoms with Crippen LogP contribution in [0.1, 0.15) is 19.8 Å². The number of rotatable bonds is 9. The van der Waals surface area contributed by atoms with Gasteiger partial charge in [0.25, 0.3) is 5.69 Å². The summed E-state index contributed by atoms with van der Waals surface area (Å²) in [6.45, 7) is 6.00. The predicted octanol–water partition coefficient (Wildman–Crippen LogP) is 1.84. The highest BCUT2D eigenvalue weighted by molar-refractivity contribution is 5.69. The quantitative estimate of drug-likeness (QED) is 0.536. The lowest BCUT2D eigenvalue weighted by Crippen LogP contribution is -2.47. The van der Waals surface area contributed by atoms with Crippen molar-refractivity contribution in [3.8, 4) is 5.75 Å². The number of hydrogen-bond acceptors (Lipinski definition) is 6. The number of benzene rings is 1. The molecule has 0 aromatic heterocycles. The normalized spacial score (nSPS) is 16.1. The summed E-state index contributed by atoms with van der Waals surface area (Å²) in [6.07, 6.45) is 1.91. The first-order chi connectivity index (χ1) is 12.0. The summed E-state index contributed by atoms with van der Waals surface area (Å²) in [5.74, 6) is -0.153. The smallest absolute Gasteiger partial charge is 0.317 e. The molecule has 1 N–H and O–H groups in total. The van der Waals surface area contributed by atoms with Gasteiger partial charge in [-0.2, -0.15) is 0 Å². The van der Waals surface area contributed by atoms with Crippen LogP contribution in [-0.2, 0) is 4.79 Å². The van der Waals surface area contributed by atoms with Gasteiger partial charge in [0.1, 0.15) is 12.4 Å². The first-order valence-corrected chi connectivity index (χ1v) is 8.55. The summed E-state index contributed by atoms with van der Waals surface area (Å²) in [5, 5.41) is 19.6. The Labute approximate surface area is 147 Å². The topological polar surface area (TPSA) is 96.2 Å². The molecule has 2 rings (SSSR count). The highest BCUT2D eigenvalue weighted by Crippen LogP contribution is 2.18. The zero-order valence-corrected chi connectivity index (χ0v) is 14.5. The average Bonchev–Trinajstić information content (AvgIpc) is 2.60. The van der Waals surface area contributed by atoms with Crippen LogP contribution in [0.3, 0.4) is 0 Å². The van der Waals surface area contributed by atoms with Gasteiger partial charge >= 0.3 is 5.97 Å². The maximum absolute atomic E-state index is 10.9. The van der Waals surface area contributed by atoms with Gasteiger partial charge < -0.3 is 9.84 Å². The van der Waals surface area contributed by atoms with E-state index in [9.17, 15) is 14.9 Å². The third kappa shape index (κ3) is 5.99. The fourth-order valence-electron chi connectivity index (χ4n) is 3.14. The first-order valence-electron chi connectivity index (χ1n) is 8.55. The van der Waals surface area contributed by atoms with Crippen LogP contribution in [0.15, 0.2) is 24.3 Å². The lowest BCUT2D eigenvalue weighted by atomic mass is 10.0. The van der Waals surface area contributed by atoms with Gasteiger partial charge in [-0.15, -0.1) is 0 Å². The van der Waals surface area contributed by atoms with E-state index in [2.05, 4.69) is 4.90 Å². The molecule has 0 atom stereocenters. The minimum atomic E-state index is -0.777. The Kier molecular flexibility index (Phi) is 7.15. The number of likely N-dealkylation sites (tertiary alicyclic amines) is 1. The molecule has 25 heavy (non-hydrogen) atoms. The number of carboxylic acids is 1. The summed E-state index contributed by atoms with van der Waals surface area (Å²) in [6, 6.07) is 6.41. The van der Waals surface area contributed by atoms with E-state index in [0.717, 1.165) is 39.0 Å². The zero-order chi connectivity index (χ0) is 18.2. The molecule has 0 bridgehead atoms. The van der Waals surface area contributed by atoms with Crippen LogP contribution >= 0.6 is 0 Å². The molecule has 1 saturated heterocycles. The number of carbonyl (C=O) groups is 1. The molecule has 1 fully saturated rings. The number of nitro benzene ring substituents is 1. The van der Waals surface area contributed by atoms with Gasteiger partial charge in [-0.1, -0.05) is 6.92 Å². The number of nitro groups is 1. The monoisotopic (exact) mass is 351 g/mol. The van der Waals surface area contributed by atoms with Crippen LogP contribution in [0.2, 0.25) is 0 Å². The molecule has 138 valence electrons. The molecular formula is C17H25N3O5. The Morgan fingerprint density at radius 1 is 1.36 bits per heavy atom. The maximum atomic E-state index is 10.9. The van der Waals surface area contributed by atoms with Crippen molar-refractivity contribution in [3.63, 3.8) is 0 Å².